The van der Waals surface area contributed by atoms with Crippen LogP contribution in [0.25, 0.3) is 0 Å². The van der Waals surface area contributed by atoms with Gasteiger partial charge in [-0.25, -0.2) is 4.39 Å². The van der Waals surface area contributed by atoms with E-state index in [0.29, 0.717) is 6.42 Å². The molecule has 0 radical (unpaired) electrons. The van der Waals surface area contributed by atoms with Crippen LogP contribution in [-0.2, 0) is 4.74 Å². The first kappa shape index (κ1) is 13.5. The minimum atomic E-state index is -0.330. The summed E-state index contributed by atoms with van der Waals surface area (Å²) in [6.07, 6.45) is 7.71. The summed E-state index contributed by atoms with van der Waals surface area (Å²) in [6.45, 7) is 5.23. The van der Waals surface area contributed by atoms with Crippen LogP contribution in [0.4, 0.5) is 4.39 Å². The fraction of sp³-hybridized carbons (Fsp3) is 0.385. The van der Waals surface area contributed by atoms with Gasteiger partial charge in [0.1, 0.15) is 11.6 Å². The molecule has 0 heterocycles. The zero-order valence-corrected chi connectivity index (χ0v) is 10.5. The van der Waals surface area contributed by atoms with Gasteiger partial charge >= 0.3 is 0 Å². The Labute approximate surface area is 101 Å². The van der Waals surface area contributed by atoms with E-state index in [1.54, 1.807) is 12.2 Å². The highest BCUT2D eigenvalue weighted by Crippen LogP contribution is 2.26. The third-order valence-corrected chi connectivity index (χ3v) is 2.55. The van der Waals surface area contributed by atoms with Gasteiger partial charge in [-0.15, -0.1) is 0 Å². The van der Waals surface area contributed by atoms with Crippen molar-refractivity contribution in [3.8, 4) is 0 Å². The van der Waals surface area contributed by atoms with Crippen molar-refractivity contribution in [3.05, 3.63) is 47.3 Å². The second kappa shape index (κ2) is 6.25. The number of halogens is 1. The average molecular weight is 238 g/mol. The number of nitrogens with one attached hydrogen (secondary N) is 1. The minimum Gasteiger partial charge on any atom is -0.459 e. The van der Waals surface area contributed by atoms with E-state index in [4.69, 9.17) is 10.6 Å². The molecular formula is C13H19FN2O. The zero-order valence-electron chi connectivity index (χ0n) is 10.5. The Morgan fingerprint density at radius 2 is 2.29 bits per heavy atom. The number of ether oxygens (including phenoxy) is 1. The largest absolute Gasteiger partial charge is 0.459 e. The van der Waals surface area contributed by atoms with Crippen LogP contribution in [0.5, 0.6) is 0 Å². The van der Waals surface area contributed by atoms with Gasteiger partial charge < -0.3 is 10.2 Å². The Kier molecular flexibility index (Phi) is 4.97. The second-order valence-corrected chi connectivity index (χ2v) is 4.00. The fourth-order valence-electron chi connectivity index (χ4n) is 1.60. The highest BCUT2D eigenvalue weighted by atomic mass is 19.1. The van der Waals surface area contributed by atoms with Gasteiger partial charge in [0.05, 0.1) is 0 Å². The smallest absolute Gasteiger partial charge is 0.157 e. The Hall–Kier alpha value is -1.55. The first-order chi connectivity index (χ1) is 8.08. The molecule has 0 saturated heterocycles. The van der Waals surface area contributed by atoms with E-state index in [-0.39, 0.29) is 17.5 Å². The highest BCUT2D eigenvalue weighted by Gasteiger charge is 2.16. The molecule has 0 aromatic carbocycles. The molecule has 0 amide bonds. The lowest BCUT2D eigenvalue weighted by molar-refractivity contribution is 0.275. The van der Waals surface area contributed by atoms with Crippen molar-refractivity contribution in [3.63, 3.8) is 0 Å². The Balaban J connectivity index is 2.80. The predicted octanol–water partition coefficient (Wildman–Crippen LogP) is 3.05. The lowest BCUT2D eigenvalue weighted by Gasteiger charge is -2.21. The number of rotatable bonds is 4. The van der Waals surface area contributed by atoms with Crippen molar-refractivity contribution in [1.82, 2.24) is 5.43 Å². The molecule has 3 N–H and O–H groups in total. The summed E-state index contributed by atoms with van der Waals surface area (Å²) < 4.78 is 18.7. The standard InChI is InChI=1S/C13H19FN2O/c1-4-5-13(10(3)14)17-11-6-7-12(16-15)9(2)8-11/h4-7,9,16H,8,15H2,1-3H3/b5-4-,13-10-. The van der Waals surface area contributed by atoms with Gasteiger partial charge in [0.25, 0.3) is 0 Å². The van der Waals surface area contributed by atoms with Crippen molar-refractivity contribution < 1.29 is 9.13 Å². The van der Waals surface area contributed by atoms with Crippen LogP contribution in [0.15, 0.2) is 47.3 Å². The quantitative estimate of drug-likeness (QED) is 0.342. The lowest BCUT2D eigenvalue weighted by atomic mass is 9.98. The molecule has 0 fully saturated rings. The molecule has 0 bridgehead atoms. The van der Waals surface area contributed by atoms with Gasteiger partial charge in [0, 0.05) is 18.0 Å². The van der Waals surface area contributed by atoms with Crippen LogP contribution < -0.4 is 11.3 Å². The average Bonchev–Trinajstić information content (AvgIpc) is 2.28. The number of hydrazine groups is 1. The van der Waals surface area contributed by atoms with Crippen molar-refractivity contribution in [2.45, 2.75) is 27.2 Å². The number of nitrogens with two attached hydrogens (primary N) is 1. The van der Waals surface area contributed by atoms with Crippen LogP contribution in [0.2, 0.25) is 0 Å². The Bertz CT molecular complexity index is 390. The van der Waals surface area contributed by atoms with Gasteiger partial charge in [-0.3, -0.25) is 5.84 Å². The molecule has 1 aliphatic carbocycles. The molecule has 3 nitrogen and oxygen atoms in total. The van der Waals surface area contributed by atoms with Crippen LogP contribution in [0.3, 0.4) is 0 Å². The molecular weight excluding hydrogens is 219 g/mol. The van der Waals surface area contributed by atoms with Gasteiger partial charge in [-0.2, -0.15) is 0 Å². The summed E-state index contributed by atoms with van der Waals surface area (Å²) >= 11 is 0. The van der Waals surface area contributed by atoms with Crippen LogP contribution >= 0.6 is 0 Å². The van der Waals surface area contributed by atoms with Gasteiger partial charge in [-0.05, 0) is 32.1 Å². The summed E-state index contributed by atoms with van der Waals surface area (Å²) in [5.74, 6) is 6.27. The van der Waals surface area contributed by atoms with E-state index in [9.17, 15) is 4.39 Å². The summed E-state index contributed by atoms with van der Waals surface area (Å²) in [4.78, 5) is 0. The van der Waals surface area contributed by atoms with E-state index in [1.807, 2.05) is 26.0 Å². The molecule has 0 saturated carbocycles. The summed E-state index contributed by atoms with van der Waals surface area (Å²) in [5, 5.41) is 0. The zero-order chi connectivity index (χ0) is 12.8. The number of allylic oxidation sites excluding steroid dienone is 7. The first-order valence-electron chi connectivity index (χ1n) is 5.62. The van der Waals surface area contributed by atoms with Gasteiger partial charge in [0.15, 0.2) is 5.76 Å². The molecule has 0 aromatic heterocycles. The first-order valence-corrected chi connectivity index (χ1v) is 5.62. The Morgan fingerprint density at radius 3 is 2.76 bits per heavy atom. The van der Waals surface area contributed by atoms with Gasteiger partial charge in [0.2, 0.25) is 0 Å². The van der Waals surface area contributed by atoms with E-state index in [1.165, 1.54) is 6.92 Å². The molecule has 94 valence electrons. The Morgan fingerprint density at radius 1 is 1.59 bits per heavy atom. The molecule has 0 aromatic rings. The number of hydrogen-bond donors (Lipinski definition) is 2. The minimum absolute atomic E-state index is 0.242. The maximum absolute atomic E-state index is 13.2. The lowest BCUT2D eigenvalue weighted by Crippen LogP contribution is -2.27. The second-order valence-electron chi connectivity index (χ2n) is 4.00. The van der Waals surface area contributed by atoms with Crippen LogP contribution in [0.1, 0.15) is 27.2 Å². The highest BCUT2D eigenvalue weighted by molar-refractivity contribution is 5.25. The van der Waals surface area contributed by atoms with E-state index in [2.05, 4.69) is 5.43 Å². The SMILES string of the molecule is C/C=C\C(OC1=CC=C(NN)C(C)C1)=C(/C)F. The molecule has 0 spiro atoms. The third-order valence-electron chi connectivity index (χ3n) is 2.55. The molecule has 17 heavy (non-hydrogen) atoms. The van der Waals surface area contributed by atoms with Crippen molar-refractivity contribution in [1.29, 1.82) is 0 Å². The molecule has 1 unspecified atom stereocenters. The van der Waals surface area contributed by atoms with Crippen molar-refractivity contribution in [2.24, 2.45) is 11.8 Å². The predicted molar refractivity (Wildman–Crippen MR) is 67.0 cm³/mol. The summed E-state index contributed by atoms with van der Waals surface area (Å²) in [6, 6.07) is 0. The third kappa shape index (κ3) is 3.75. The molecule has 1 aliphatic rings. The van der Waals surface area contributed by atoms with Crippen molar-refractivity contribution >= 4 is 0 Å². The van der Waals surface area contributed by atoms with E-state index in [0.717, 1.165) is 11.5 Å². The van der Waals surface area contributed by atoms with Crippen molar-refractivity contribution in [2.75, 3.05) is 0 Å². The molecule has 1 rings (SSSR count). The normalized spacial score (nSPS) is 21.8. The molecule has 1 atom stereocenters. The summed E-state index contributed by atoms with van der Waals surface area (Å²) in [5.41, 5.74) is 3.59. The van der Waals surface area contributed by atoms with E-state index >= 15 is 0 Å². The monoisotopic (exact) mass is 238 g/mol. The van der Waals surface area contributed by atoms with E-state index < -0.39 is 0 Å². The summed E-state index contributed by atoms with van der Waals surface area (Å²) in [7, 11) is 0. The topological polar surface area (TPSA) is 47.3 Å². The number of hydrogen-bond acceptors (Lipinski definition) is 3. The maximum atomic E-state index is 13.2. The fourth-order valence-corrected chi connectivity index (χ4v) is 1.60. The van der Waals surface area contributed by atoms with Crippen LogP contribution in [0, 0.1) is 5.92 Å². The van der Waals surface area contributed by atoms with Gasteiger partial charge in [-0.1, -0.05) is 13.0 Å². The molecule has 4 heteroatoms. The maximum Gasteiger partial charge on any atom is 0.157 e. The van der Waals surface area contributed by atoms with Crippen LogP contribution in [-0.4, -0.2) is 0 Å². The molecule has 0 aliphatic heterocycles.